The molecule has 1 rings (SSSR count). The van der Waals surface area contributed by atoms with Gasteiger partial charge in [-0.25, -0.2) is 4.98 Å². The first-order chi connectivity index (χ1) is 5.18. The van der Waals surface area contributed by atoms with Gasteiger partial charge in [0, 0.05) is 6.20 Å². The molecule has 0 spiro atoms. The molecule has 5 heteroatoms. The maximum Gasteiger partial charge on any atom is 0.129 e. The number of hydrogen-bond donors (Lipinski definition) is 1. The molecule has 2 nitrogen and oxygen atoms in total. The summed E-state index contributed by atoms with van der Waals surface area (Å²) in [5, 5.41) is 3.30. The van der Waals surface area contributed by atoms with E-state index in [-0.39, 0.29) is 4.32 Å². The van der Waals surface area contributed by atoms with Crippen LogP contribution in [0.15, 0.2) is 18.3 Å². The monoisotopic (exact) mass is 203 g/mol. The van der Waals surface area contributed by atoms with Crippen LogP contribution in [0.5, 0.6) is 0 Å². The molecular weight excluding hydrogens is 200 g/mol. The molecule has 1 aromatic heterocycles. The van der Waals surface area contributed by atoms with Gasteiger partial charge in [-0.2, -0.15) is 0 Å². The lowest BCUT2D eigenvalue weighted by Gasteiger charge is -2.07. The molecule has 0 fully saturated rings. The van der Waals surface area contributed by atoms with Crippen molar-refractivity contribution < 1.29 is 0 Å². The second kappa shape index (κ2) is 3.80. The van der Waals surface area contributed by atoms with E-state index in [1.807, 2.05) is 0 Å². The van der Waals surface area contributed by atoms with Gasteiger partial charge in [-0.15, -0.1) is 0 Å². The standard InChI is InChI=1S/C6H5ClN2S2/c7-4-1-2-5(8-3-4)9-6(10)11/h1-3H,(H2,8,9,10,11)/p-1. The van der Waals surface area contributed by atoms with E-state index in [0.717, 1.165) is 0 Å². The lowest BCUT2D eigenvalue weighted by molar-refractivity contribution is 1.33. The zero-order valence-corrected chi connectivity index (χ0v) is 7.76. The number of anilines is 1. The lowest BCUT2D eigenvalue weighted by atomic mass is 10.5. The zero-order chi connectivity index (χ0) is 8.27. The Hall–Kier alpha value is -0.450. The van der Waals surface area contributed by atoms with Crippen LogP contribution < -0.4 is 5.32 Å². The van der Waals surface area contributed by atoms with Crippen LogP contribution in [0, 0.1) is 0 Å². The minimum atomic E-state index is 0.278. The first-order valence-corrected chi connectivity index (χ1v) is 3.97. The molecular formula is C6H4ClN2S2-. The molecule has 1 heterocycles. The lowest BCUT2D eigenvalue weighted by Crippen LogP contribution is -2.05. The fourth-order valence-electron chi connectivity index (χ4n) is 0.554. The number of aromatic nitrogens is 1. The highest BCUT2D eigenvalue weighted by Gasteiger charge is 1.89. The Morgan fingerprint density at radius 2 is 2.36 bits per heavy atom. The van der Waals surface area contributed by atoms with E-state index in [4.69, 9.17) is 11.6 Å². The minimum absolute atomic E-state index is 0.278. The number of thiocarbonyl (C=S) groups is 1. The topological polar surface area (TPSA) is 24.9 Å². The van der Waals surface area contributed by atoms with Crippen LogP contribution in [0.4, 0.5) is 5.82 Å². The first kappa shape index (κ1) is 8.64. The van der Waals surface area contributed by atoms with Crippen molar-refractivity contribution in [3.05, 3.63) is 23.4 Å². The van der Waals surface area contributed by atoms with E-state index in [2.05, 4.69) is 35.1 Å². The Kier molecular flexibility index (Phi) is 2.99. The average Bonchev–Trinajstić information content (AvgIpc) is 1.93. The van der Waals surface area contributed by atoms with Gasteiger partial charge >= 0.3 is 0 Å². The Morgan fingerprint density at radius 1 is 1.64 bits per heavy atom. The average molecular weight is 204 g/mol. The molecule has 0 bridgehead atoms. The second-order valence-electron chi connectivity index (χ2n) is 1.77. The third-order valence-corrected chi connectivity index (χ3v) is 1.39. The Bertz CT molecular complexity index is 260. The highest BCUT2D eigenvalue weighted by molar-refractivity contribution is 8.00. The molecule has 0 aliphatic carbocycles. The summed E-state index contributed by atoms with van der Waals surface area (Å²) in [6.07, 6.45) is 1.53. The van der Waals surface area contributed by atoms with Gasteiger partial charge in [0.1, 0.15) is 5.82 Å². The fourth-order valence-corrected chi connectivity index (χ4v) is 0.875. The number of nitrogens with zero attached hydrogens (tertiary/aromatic N) is 1. The van der Waals surface area contributed by atoms with Crippen molar-refractivity contribution in [2.75, 3.05) is 5.32 Å². The molecule has 0 saturated heterocycles. The molecule has 0 saturated carbocycles. The smallest absolute Gasteiger partial charge is 0.129 e. The molecule has 0 atom stereocenters. The van der Waals surface area contributed by atoms with Crippen molar-refractivity contribution in [3.63, 3.8) is 0 Å². The van der Waals surface area contributed by atoms with Gasteiger partial charge in [0.05, 0.1) is 5.02 Å². The molecule has 0 unspecified atom stereocenters. The molecule has 11 heavy (non-hydrogen) atoms. The van der Waals surface area contributed by atoms with Crippen molar-refractivity contribution in [2.24, 2.45) is 0 Å². The Balaban J connectivity index is 2.74. The summed E-state index contributed by atoms with van der Waals surface area (Å²) in [6, 6.07) is 3.42. The van der Waals surface area contributed by atoms with Crippen LogP contribution in [-0.2, 0) is 12.6 Å². The van der Waals surface area contributed by atoms with E-state index in [1.165, 1.54) is 6.20 Å². The maximum atomic E-state index is 5.60. The number of nitrogens with one attached hydrogen (secondary N) is 1. The summed E-state index contributed by atoms with van der Waals surface area (Å²) in [5.74, 6) is 0.620. The van der Waals surface area contributed by atoms with E-state index in [1.54, 1.807) is 12.1 Å². The van der Waals surface area contributed by atoms with E-state index in [0.29, 0.717) is 10.8 Å². The zero-order valence-electron chi connectivity index (χ0n) is 5.37. The van der Waals surface area contributed by atoms with Gasteiger partial charge in [0.15, 0.2) is 0 Å². The normalized spacial score (nSPS) is 9.18. The van der Waals surface area contributed by atoms with Crippen molar-refractivity contribution in [1.29, 1.82) is 0 Å². The van der Waals surface area contributed by atoms with Gasteiger partial charge in [-0.1, -0.05) is 15.9 Å². The van der Waals surface area contributed by atoms with Crippen LogP contribution in [0.25, 0.3) is 0 Å². The van der Waals surface area contributed by atoms with Crippen molar-refractivity contribution >= 4 is 46.6 Å². The number of hydrogen-bond acceptors (Lipinski definition) is 3. The third-order valence-electron chi connectivity index (χ3n) is 0.958. The van der Waals surface area contributed by atoms with Crippen LogP contribution >= 0.6 is 23.8 Å². The SMILES string of the molecule is S=C([S-])Nc1ccc(Cl)cn1. The molecule has 0 amide bonds. The molecule has 0 aliphatic rings. The second-order valence-corrected chi connectivity index (χ2v) is 3.29. The number of halogens is 1. The molecule has 58 valence electrons. The minimum Gasteiger partial charge on any atom is -0.411 e. The Labute approximate surface area is 80.4 Å². The maximum absolute atomic E-state index is 5.60. The summed E-state index contributed by atoms with van der Waals surface area (Å²) < 4.78 is 0.278. The van der Waals surface area contributed by atoms with Crippen LogP contribution in [0.2, 0.25) is 5.02 Å². The molecule has 1 aromatic rings. The van der Waals surface area contributed by atoms with E-state index >= 15 is 0 Å². The Morgan fingerprint density at radius 3 is 2.82 bits per heavy atom. The predicted molar refractivity (Wildman–Crippen MR) is 52.8 cm³/mol. The first-order valence-electron chi connectivity index (χ1n) is 2.78. The van der Waals surface area contributed by atoms with Crippen LogP contribution in [-0.4, -0.2) is 9.30 Å². The molecule has 0 aromatic carbocycles. The molecule has 0 radical (unpaired) electrons. The van der Waals surface area contributed by atoms with Crippen LogP contribution in [0.3, 0.4) is 0 Å². The van der Waals surface area contributed by atoms with Crippen molar-refractivity contribution in [3.8, 4) is 0 Å². The van der Waals surface area contributed by atoms with Gasteiger partial charge in [-0.3, -0.25) is 0 Å². The van der Waals surface area contributed by atoms with Crippen molar-refractivity contribution in [1.82, 2.24) is 4.98 Å². The van der Waals surface area contributed by atoms with Crippen molar-refractivity contribution in [2.45, 2.75) is 0 Å². The largest absolute Gasteiger partial charge is 0.411 e. The quantitative estimate of drug-likeness (QED) is 0.558. The summed E-state index contributed by atoms with van der Waals surface area (Å²) in [5.41, 5.74) is 0. The van der Waals surface area contributed by atoms with Gasteiger partial charge < -0.3 is 30.2 Å². The molecule has 0 aliphatic heterocycles. The van der Waals surface area contributed by atoms with E-state index in [9.17, 15) is 0 Å². The van der Waals surface area contributed by atoms with Gasteiger partial charge in [0.2, 0.25) is 0 Å². The van der Waals surface area contributed by atoms with Gasteiger partial charge in [0.25, 0.3) is 0 Å². The summed E-state index contributed by atoms with van der Waals surface area (Å²) in [4.78, 5) is 3.92. The predicted octanol–water partition coefficient (Wildman–Crippen LogP) is 1.98. The fraction of sp³-hybridized carbons (Fsp3) is 0. The summed E-state index contributed by atoms with van der Waals surface area (Å²) >= 11 is 14.9. The number of rotatable bonds is 1. The summed E-state index contributed by atoms with van der Waals surface area (Å²) in [6.45, 7) is 0. The number of pyridine rings is 1. The van der Waals surface area contributed by atoms with Crippen LogP contribution in [0.1, 0.15) is 0 Å². The molecule has 1 N–H and O–H groups in total. The third kappa shape index (κ3) is 2.96. The van der Waals surface area contributed by atoms with E-state index < -0.39 is 0 Å². The highest BCUT2D eigenvalue weighted by atomic mass is 35.5. The highest BCUT2D eigenvalue weighted by Crippen LogP contribution is 2.08. The van der Waals surface area contributed by atoms with Gasteiger partial charge in [-0.05, 0) is 12.1 Å². The summed E-state index contributed by atoms with van der Waals surface area (Å²) in [7, 11) is 0.